The molecule has 0 spiro atoms. The Hall–Kier alpha value is -3.68. The molecule has 0 aliphatic carbocycles. The predicted octanol–water partition coefficient (Wildman–Crippen LogP) is 3.06. The van der Waals surface area contributed by atoms with E-state index < -0.39 is 33.1 Å². The molecule has 0 aliphatic heterocycles. The molecule has 3 aromatic rings. The fourth-order valence-electron chi connectivity index (χ4n) is 2.66. The van der Waals surface area contributed by atoms with Crippen LogP contribution < -0.4 is 26.6 Å². The average Bonchev–Trinajstić information content (AvgIpc) is 3.23. The van der Waals surface area contributed by atoms with Gasteiger partial charge in [0.25, 0.3) is 15.6 Å². The molecular formula is C20H17ClFN5O5S2. The Labute approximate surface area is 201 Å². The second kappa shape index (κ2) is 10.5. The van der Waals surface area contributed by atoms with Crippen LogP contribution in [0.2, 0.25) is 4.34 Å². The fourth-order valence-corrected chi connectivity index (χ4v) is 5.05. The predicted molar refractivity (Wildman–Crippen MR) is 128 cm³/mol. The Morgan fingerprint density at radius 1 is 1.06 bits per heavy atom. The van der Waals surface area contributed by atoms with Crippen molar-refractivity contribution in [2.45, 2.75) is 4.21 Å². The molecule has 0 radical (unpaired) electrons. The number of nitrogens with one attached hydrogen (secondary N) is 4. The molecule has 0 bridgehead atoms. The Kier molecular flexibility index (Phi) is 7.71. The second-order valence-electron chi connectivity index (χ2n) is 6.47. The molecule has 178 valence electrons. The third kappa shape index (κ3) is 6.01. The maximum absolute atomic E-state index is 14.1. The van der Waals surface area contributed by atoms with Crippen molar-refractivity contribution in [3.8, 4) is 5.69 Å². The standard InChI is InChI=1S/C20H17ClFN5O5S2/c1-23-15-10-11-24-20(30)27(17(28)8-6-14(15)22)13-4-2-12(3-5-13)25-19(29)26-34(31,32)18-9-7-16(21)33-18/h2-11,23H,1H3,(H,24,30)(H2,25,26,29). The first kappa shape index (κ1) is 25.0. The van der Waals surface area contributed by atoms with E-state index in [4.69, 9.17) is 11.6 Å². The van der Waals surface area contributed by atoms with Crippen molar-refractivity contribution < 1.29 is 17.6 Å². The van der Waals surface area contributed by atoms with Gasteiger partial charge in [-0.2, -0.15) is 0 Å². The highest BCUT2D eigenvalue weighted by atomic mass is 35.5. The molecule has 34 heavy (non-hydrogen) atoms. The SMILES string of the molecule is CNc1cc[nH]c(=O)n(-c2ccc(NC(=O)NS(=O)(=O)c3ccc(Cl)s3)cc2)c(=O)ccc1F. The van der Waals surface area contributed by atoms with E-state index in [9.17, 15) is 27.2 Å². The van der Waals surface area contributed by atoms with Gasteiger partial charge in [0.05, 0.1) is 15.7 Å². The first-order valence-electron chi connectivity index (χ1n) is 9.36. The van der Waals surface area contributed by atoms with E-state index in [0.29, 0.717) is 0 Å². The monoisotopic (exact) mass is 525 g/mol. The number of carbonyl (C=O) groups is 1. The zero-order valence-electron chi connectivity index (χ0n) is 17.3. The van der Waals surface area contributed by atoms with E-state index in [2.05, 4.69) is 15.6 Å². The minimum absolute atomic E-state index is 0.0655. The number of nitrogens with zero attached hydrogens (tertiary/aromatic N) is 1. The van der Waals surface area contributed by atoms with Crippen molar-refractivity contribution in [1.82, 2.24) is 14.3 Å². The summed E-state index contributed by atoms with van der Waals surface area (Å²) >= 11 is 6.51. The van der Waals surface area contributed by atoms with Gasteiger partial charge in [-0.15, -0.1) is 11.3 Å². The molecule has 14 heteroatoms. The van der Waals surface area contributed by atoms with Crippen LogP contribution >= 0.6 is 22.9 Å². The minimum Gasteiger partial charge on any atom is -0.386 e. The summed E-state index contributed by atoms with van der Waals surface area (Å²) in [6.45, 7) is 0. The van der Waals surface area contributed by atoms with Gasteiger partial charge in [-0.1, -0.05) is 11.6 Å². The first-order chi connectivity index (χ1) is 16.1. The van der Waals surface area contributed by atoms with Gasteiger partial charge in [0, 0.05) is 25.0 Å². The molecule has 10 nitrogen and oxygen atoms in total. The summed E-state index contributed by atoms with van der Waals surface area (Å²) in [5, 5.41) is 4.93. The number of rotatable bonds is 5. The molecule has 0 fully saturated rings. The van der Waals surface area contributed by atoms with Crippen LogP contribution in [-0.2, 0) is 10.0 Å². The molecule has 0 unspecified atom stereocenters. The molecule has 0 atom stereocenters. The highest BCUT2D eigenvalue weighted by Gasteiger charge is 2.19. The van der Waals surface area contributed by atoms with Gasteiger partial charge in [0.1, 0.15) is 10.0 Å². The van der Waals surface area contributed by atoms with Crippen LogP contribution in [0.15, 0.2) is 74.6 Å². The molecule has 0 saturated carbocycles. The van der Waals surface area contributed by atoms with E-state index in [1.165, 1.54) is 55.7 Å². The first-order valence-corrected chi connectivity index (χ1v) is 12.0. The van der Waals surface area contributed by atoms with Crippen molar-refractivity contribution in [3.05, 3.63) is 91.8 Å². The fraction of sp³-hybridized carbons (Fsp3) is 0.0500. The van der Waals surface area contributed by atoms with Crippen LogP contribution in [0.4, 0.5) is 20.6 Å². The van der Waals surface area contributed by atoms with Crippen molar-refractivity contribution >= 4 is 50.4 Å². The maximum atomic E-state index is 14.1. The smallest absolute Gasteiger partial charge is 0.333 e. The average molecular weight is 526 g/mol. The normalized spacial score (nSPS) is 10.8. The lowest BCUT2D eigenvalue weighted by Crippen LogP contribution is -2.34. The van der Waals surface area contributed by atoms with Crippen molar-refractivity contribution in [2.24, 2.45) is 0 Å². The number of amides is 2. The van der Waals surface area contributed by atoms with E-state index in [1.807, 2.05) is 4.72 Å². The van der Waals surface area contributed by atoms with Crippen molar-refractivity contribution in [1.29, 1.82) is 0 Å². The summed E-state index contributed by atoms with van der Waals surface area (Å²) in [6, 6.07) is 10.1. The van der Waals surface area contributed by atoms with Crippen LogP contribution in [0.5, 0.6) is 0 Å². The number of hydrogen-bond donors (Lipinski definition) is 4. The van der Waals surface area contributed by atoms with Crippen molar-refractivity contribution in [2.75, 3.05) is 17.7 Å². The molecule has 2 aromatic heterocycles. The second-order valence-corrected chi connectivity index (χ2v) is 10.1. The van der Waals surface area contributed by atoms with E-state index in [1.54, 1.807) is 0 Å². The zero-order chi connectivity index (χ0) is 24.9. The minimum atomic E-state index is -4.11. The number of carbonyl (C=O) groups excluding carboxylic acids is 1. The Morgan fingerprint density at radius 3 is 2.38 bits per heavy atom. The highest BCUT2D eigenvalue weighted by Crippen LogP contribution is 2.25. The summed E-state index contributed by atoms with van der Waals surface area (Å²) in [6.07, 6.45) is 1.18. The number of aromatic nitrogens is 2. The largest absolute Gasteiger partial charge is 0.386 e. The van der Waals surface area contributed by atoms with E-state index >= 15 is 0 Å². The van der Waals surface area contributed by atoms with Gasteiger partial charge in [-0.25, -0.2) is 31.7 Å². The van der Waals surface area contributed by atoms with Crippen LogP contribution in [0.25, 0.3) is 5.69 Å². The summed E-state index contributed by atoms with van der Waals surface area (Å²) in [5.41, 5.74) is -1.26. The molecule has 1 aromatic carbocycles. The number of sulfonamides is 1. The summed E-state index contributed by atoms with van der Waals surface area (Å²) in [4.78, 5) is 39.5. The van der Waals surface area contributed by atoms with E-state index in [-0.39, 0.29) is 25.6 Å². The lowest BCUT2D eigenvalue weighted by atomic mass is 10.3. The van der Waals surface area contributed by atoms with Gasteiger partial charge in [-0.05, 0) is 48.5 Å². The number of benzene rings is 1. The van der Waals surface area contributed by atoms with Gasteiger partial charge >= 0.3 is 11.7 Å². The zero-order valence-corrected chi connectivity index (χ0v) is 19.7. The number of aromatic amines is 1. The molecule has 2 heterocycles. The Balaban J connectivity index is 1.86. The maximum Gasteiger partial charge on any atom is 0.333 e. The summed E-state index contributed by atoms with van der Waals surface area (Å²) in [7, 11) is -2.63. The number of H-pyrrole nitrogens is 1. The Bertz CT molecular complexity index is 1500. The number of anilines is 2. The van der Waals surface area contributed by atoms with Gasteiger partial charge in [0.15, 0.2) is 0 Å². The Morgan fingerprint density at radius 2 is 1.76 bits per heavy atom. The van der Waals surface area contributed by atoms with Crippen LogP contribution in [-0.4, -0.2) is 31.0 Å². The highest BCUT2D eigenvalue weighted by molar-refractivity contribution is 7.92. The molecule has 0 aliphatic rings. The molecular weight excluding hydrogens is 509 g/mol. The van der Waals surface area contributed by atoms with Crippen LogP contribution in [0.1, 0.15) is 0 Å². The lowest BCUT2D eigenvalue weighted by Gasteiger charge is -2.08. The third-order valence-electron chi connectivity index (χ3n) is 4.20. The number of halogens is 2. The lowest BCUT2D eigenvalue weighted by molar-refractivity contribution is 0.256. The van der Waals surface area contributed by atoms with Gasteiger partial charge in [-0.3, -0.25) is 4.79 Å². The number of thiophene rings is 1. The topological polar surface area (TPSA) is 142 Å². The van der Waals surface area contributed by atoms with Crippen molar-refractivity contribution in [3.63, 3.8) is 0 Å². The summed E-state index contributed by atoms with van der Waals surface area (Å²) < 4.78 is 41.2. The summed E-state index contributed by atoms with van der Waals surface area (Å²) in [5.74, 6) is -0.714. The van der Waals surface area contributed by atoms with Gasteiger partial charge in [0.2, 0.25) is 0 Å². The molecule has 0 saturated heterocycles. The molecule has 4 N–H and O–H groups in total. The van der Waals surface area contributed by atoms with Crippen LogP contribution in [0.3, 0.4) is 0 Å². The van der Waals surface area contributed by atoms with E-state index in [0.717, 1.165) is 28.0 Å². The molecule has 2 amide bonds. The number of hydrogen-bond acceptors (Lipinski definition) is 7. The van der Waals surface area contributed by atoms with Gasteiger partial charge < -0.3 is 15.6 Å². The number of urea groups is 1. The van der Waals surface area contributed by atoms with Crippen LogP contribution in [0, 0.1) is 5.82 Å². The quantitative estimate of drug-likeness (QED) is 0.403. The third-order valence-corrected chi connectivity index (χ3v) is 7.26. The molecule has 3 rings (SSSR count).